The van der Waals surface area contributed by atoms with Gasteiger partial charge in [0.15, 0.2) is 0 Å². The number of nitrogens with zero attached hydrogens (tertiary/aromatic N) is 1. The summed E-state index contributed by atoms with van der Waals surface area (Å²) < 4.78 is 39.0. The van der Waals surface area contributed by atoms with E-state index in [1.165, 1.54) is 5.69 Å². The third-order valence-electron chi connectivity index (χ3n) is 1.88. The molecule has 0 atom stereocenters. The maximum atomic E-state index is 9.75. The van der Waals surface area contributed by atoms with E-state index in [1.54, 1.807) is 0 Å². The van der Waals surface area contributed by atoms with Gasteiger partial charge in [-0.2, -0.15) is 0 Å². The lowest BCUT2D eigenvalue weighted by Gasteiger charge is -2.20. The van der Waals surface area contributed by atoms with Gasteiger partial charge in [-0.1, -0.05) is 18.2 Å². The van der Waals surface area contributed by atoms with Crippen LogP contribution in [0.25, 0.3) is 0 Å². The Morgan fingerprint density at radius 3 is 1.62 bits per heavy atom. The van der Waals surface area contributed by atoms with Crippen LogP contribution >= 0.6 is 0 Å². The van der Waals surface area contributed by atoms with E-state index < -0.39 is 7.25 Å². The van der Waals surface area contributed by atoms with Crippen LogP contribution in [0.2, 0.25) is 0 Å². The van der Waals surface area contributed by atoms with E-state index >= 15 is 0 Å². The van der Waals surface area contributed by atoms with Gasteiger partial charge in [0.25, 0.3) is 0 Å². The fourth-order valence-corrected chi connectivity index (χ4v) is 1.23. The molecule has 0 bridgehead atoms. The summed E-state index contributed by atoms with van der Waals surface area (Å²) in [7, 11) is -6.00. The zero-order chi connectivity index (χ0) is 12.6. The molecular weight excluding hydrogens is 221 g/mol. The fraction of sp³-hybridized carbons (Fsp3) is 0.400. The molecule has 0 aliphatic carbocycles. The standard InChI is InChI=1S/C10H15N.BF4/c1-3-11(4-2)10-8-6-5-7-9-10;2-1(3,4)5/h5-9H,3-4H2,1-2H3;/q;-1. The molecule has 0 saturated heterocycles. The van der Waals surface area contributed by atoms with Crippen molar-refractivity contribution in [2.24, 2.45) is 0 Å². The van der Waals surface area contributed by atoms with Crippen molar-refractivity contribution in [1.29, 1.82) is 0 Å². The molecule has 6 heteroatoms. The van der Waals surface area contributed by atoms with Gasteiger partial charge in [0, 0.05) is 18.8 Å². The molecule has 92 valence electrons. The number of benzene rings is 1. The van der Waals surface area contributed by atoms with Gasteiger partial charge in [0.2, 0.25) is 0 Å². The molecule has 0 aliphatic rings. The lowest BCUT2D eigenvalue weighted by molar-refractivity contribution is 0.368. The first kappa shape index (κ1) is 14.8. The first-order chi connectivity index (χ1) is 7.38. The summed E-state index contributed by atoms with van der Waals surface area (Å²) in [5.74, 6) is 0. The highest BCUT2D eigenvalue weighted by Crippen LogP contribution is 2.11. The average molecular weight is 236 g/mol. The Labute approximate surface area is 93.2 Å². The van der Waals surface area contributed by atoms with Crippen molar-refractivity contribution in [2.45, 2.75) is 13.8 Å². The van der Waals surface area contributed by atoms with E-state index in [-0.39, 0.29) is 0 Å². The predicted octanol–water partition coefficient (Wildman–Crippen LogP) is 3.83. The molecule has 1 aromatic carbocycles. The maximum Gasteiger partial charge on any atom is 0.673 e. The smallest absolute Gasteiger partial charge is 0.418 e. The molecule has 0 saturated carbocycles. The molecule has 0 N–H and O–H groups in total. The summed E-state index contributed by atoms with van der Waals surface area (Å²) >= 11 is 0. The quantitative estimate of drug-likeness (QED) is 0.569. The molecule has 1 aromatic rings. The van der Waals surface area contributed by atoms with Crippen molar-refractivity contribution >= 4 is 12.9 Å². The van der Waals surface area contributed by atoms with E-state index in [1.807, 2.05) is 6.07 Å². The van der Waals surface area contributed by atoms with Gasteiger partial charge < -0.3 is 22.2 Å². The number of para-hydroxylation sites is 1. The second-order valence-corrected chi connectivity index (χ2v) is 3.00. The summed E-state index contributed by atoms with van der Waals surface area (Å²) in [5.41, 5.74) is 1.32. The lowest BCUT2D eigenvalue weighted by atomic mass is 10.3. The second kappa shape index (κ2) is 7.14. The van der Waals surface area contributed by atoms with Crippen molar-refractivity contribution in [3.63, 3.8) is 0 Å². The van der Waals surface area contributed by atoms with Crippen LogP contribution in [0, 0.1) is 0 Å². The number of anilines is 1. The van der Waals surface area contributed by atoms with E-state index in [0.717, 1.165) is 13.1 Å². The van der Waals surface area contributed by atoms with Gasteiger partial charge in [0.1, 0.15) is 0 Å². The van der Waals surface area contributed by atoms with Crippen LogP contribution in [0.5, 0.6) is 0 Å². The molecule has 1 rings (SSSR count). The van der Waals surface area contributed by atoms with Crippen molar-refractivity contribution in [2.75, 3.05) is 18.0 Å². The van der Waals surface area contributed by atoms with Gasteiger partial charge in [0.05, 0.1) is 0 Å². The normalized spacial score (nSPS) is 10.4. The van der Waals surface area contributed by atoms with Gasteiger partial charge in [-0.05, 0) is 26.0 Å². The molecule has 0 unspecified atom stereocenters. The minimum absolute atomic E-state index is 1.08. The number of hydrogen-bond acceptors (Lipinski definition) is 1. The van der Waals surface area contributed by atoms with Crippen LogP contribution in [0.3, 0.4) is 0 Å². The molecule has 0 aromatic heterocycles. The highest BCUT2D eigenvalue weighted by Gasteiger charge is 2.20. The first-order valence-electron chi connectivity index (χ1n) is 5.05. The summed E-state index contributed by atoms with van der Waals surface area (Å²) in [6, 6.07) is 10.5. The molecule has 0 heterocycles. The summed E-state index contributed by atoms with van der Waals surface area (Å²) in [5, 5.41) is 0. The Bertz CT molecular complexity index is 266. The molecule has 0 fully saturated rings. The second-order valence-electron chi connectivity index (χ2n) is 3.00. The average Bonchev–Trinajstić information content (AvgIpc) is 2.19. The van der Waals surface area contributed by atoms with E-state index in [4.69, 9.17) is 0 Å². The molecule has 0 aliphatic heterocycles. The van der Waals surface area contributed by atoms with Crippen LogP contribution in [0.4, 0.5) is 23.0 Å². The molecule has 16 heavy (non-hydrogen) atoms. The van der Waals surface area contributed by atoms with E-state index in [0.29, 0.717) is 0 Å². The Morgan fingerprint density at radius 1 is 0.938 bits per heavy atom. The Balaban J connectivity index is 0.000000385. The maximum absolute atomic E-state index is 9.75. The fourth-order valence-electron chi connectivity index (χ4n) is 1.23. The molecule has 0 radical (unpaired) electrons. The van der Waals surface area contributed by atoms with Crippen molar-refractivity contribution in [3.05, 3.63) is 30.3 Å². The highest BCUT2D eigenvalue weighted by molar-refractivity contribution is 6.50. The SMILES string of the molecule is CCN(CC)c1ccccc1.F[B-](F)(F)F. The summed E-state index contributed by atoms with van der Waals surface area (Å²) in [6.45, 7) is 6.52. The number of halogens is 4. The van der Waals surface area contributed by atoms with Gasteiger partial charge in [-0.25, -0.2) is 0 Å². The third-order valence-corrected chi connectivity index (χ3v) is 1.88. The minimum Gasteiger partial charge on any atom is -0.418 e. The summed E-state index contributed by atoms with van der Waals surface area (Å²) in [4.78, 5) is 2.33. The van der Waals surface area contributed by atoms with Crippen molar-refractivity contribution in [3.8, 4) is 0 Å². The van der Waals surface area contributed by atoms with Crippen molar-refractivity contribution < 1.29 is 17.3 Å². The van der Waals surface area contributed by atoms with Gasteiger partial charge in [-0.3, -0.25) is 0 Å². The lowest BCUT2D eigenvalue weighted by Crippen LogP contribution is -2.21. The van der Waals surface area contributed by atoms with E-state index in [2.05, 4.69) is 43.0 Å². The van der Waals surface area contributed by atoms with Gasteiger partial charge >= 0.3 is 7.25 Å². The Morgan fingerprint density at radius 2 is 1.31 bits per heavy atom. The molecular formula is C10H15BF4N-. The summed E-state index contributed by atoms with van der Waals surface area (Å²) in [6.07, 6.45) is 0. The first-order valence-corrected chi connectivity index (χ1v) is 5.05. The van der Waals surface area contributed by atoms with Crippen LogP contribution < -0.4 is 4.90 Å². The molecule has 0 spiro atoms. The van der Waals surface area contributed by atoms with Crippen molar-refractivity contribution in [1.82, 2.24) is 0 Å². The zero-order valence-corrected chi connectivity index (χ0v) is 9.34. The predicted molar refractivity (Wildman–Crippen MR) is 60.2 cm³/mol. The van der Waals surface area contributed by atoms with Crippen LogP contribution in [0.15, 0.2) is 30.3 Å². The Hall–Kier alpha value is -1.20. The number of rotatable bonds is 3. The third kappa shape index (κ3) is 8.14. The van der Waals surface area contributed by atoms with Gasteiger partial charge in [-0.15, -0.1) is 0 Å². The largest absolute Gasteiger partial charge is 0.673 e. The van der Waals surface area contributed by atoms with E-state index in [9.17, 15) is 17.3 Å². The minimum atomic E-state index is -6.00. The van der Waals surface area contributed by atoms with Crippen LogP contribution in [0.1, 0.15) is 13.8 Å². The molecule has 0 amide bonds. The monoisotopic (exact) mass is 236 g/mol. The highest BCUT2D eigenvalue weighted by atomic mass is 19.5. The van der Waals surface area contributed by atoms with Crippen LogP contribution in [-0.4, -0.2) is 20.3 Å². The Kier molecular flexibility index (Phi) is 6.61. The molecule has 1 nitrogen and oxygen atoms in total. The topological polar surface area (TPSA) is 3.24 Å². The zero-order valence-electron chi connectivity index (χ0n) is 9.34. The van der Waals surface area contributed by atoms with Crippen LogP contribution in [-0.2, 0) is 0 Å². The number of hydrogen-bond donors (Lipinski definition) is 0.